The van der Waals surface area contributed by atoms with Gasteiger partial charge in [0.05, 0.1) is 16.9 Å². The van der Waals surface area contributed by atoms with Crippen molar-refractivity contribution in [3.05, 3.63) is 24.4 Å². The highest BCUT2D eigenvalue weighted by atomic mass is 32.2. The van der Waals surface area contributed by atoms with Crippen LogP contribution < -0.4 is 0 Å². The van der Waals surface area contributed by atoms with Crippen molar-refractivity contribution in [3.63, 3.8) is 0 Å². The molecule has 0 aromatic carbocycles. The molecule has 0 radical (unpaired) electrons. The summed E-state index contributed by atoms with van der Waals surface area (Å²) in [5.41, 5.74) is 0. The average Bonchev–Trinajstić information content (AvgIpc) is 3.10. The van der Waals surface area contributed by atoms with Crippen LogP contribution in [-0.2, 0) is 4.79 Å². The third-order valence-corrected chi connectivity index (χ3v) is 7.38. The van der Waals surface area contributed by atoms with Crippen LogP contribution >= 0.6 is 11.8 Å². The number of fused-ring (bicyclic) bond motifs is 1. The quantitative estimate of drug-likeness (QED) is 0.775. The van der Waals surface area contributed by atoms with E-state index in [0.29, 0.717) is 17.6 Å². The SMILES string of the molecule is CN1CCN([C@@H]2C[C@@H]3CN(C(=O)CSc4ccccn4)C[C@@H]3C[C@H]2O)CC1. The zero-order valence-corrected chi connectivity index (χ0v) is 16.9. The van der Waals surface area contributed by atoms with Crippen LogP contribution in [0.25, 0.3) is 0 Å². The summed E-state index contributed by atoms with van der Waals surface area (Å²) in [6.45, 7) is 5.89. The van der Waals surface area contributed by atoms with Gasteiger partial charge in [-0.3, -0.25) is 9.69 Å². The largest absolute Gasteiger partial charge is 0.391 e. The third kappa shape index (κ3) is 4.47. The van der Waals surface area contributed by atoms with Crippen LogP contribution in [0.15, 0.2) is 29.4 Å². The Bertz CT molecular complexity index is 638. The second-order valence-corrected chi connectivity index (χ2v) is 9.22. The molecule has 4 rings (SSSR count). The lowest BCUT2D eigenvalue weighted by Crippen LogP contribution is -2.55. The molecule has 1 amide bonds. The van der Waals surface area contributed by atoms with Crippen molar-refractivity contribution in [2.24, 2.45) is 11.8 Å². The van der Waals surface area contributed by atoms with E-state index in [1.807, 2.05) is 23.1 Å². The molecule has 4 atom stereocenters. The monoisotopic (exact) mass is 390 g/mol. The van der Waals surface area contributed by atoms with E-state index >= 15 is 0 Å². The summed E-state index contributed by atoms with van der Waals surface area (Å²) in [4.78, 5) is 23.8. The number of likely N-dealkylation sites (tertiary alicyclic amines) is 1. The molecular formula is C20H30N4O2S. The fourth-order valence-electron chi connectivity index (χ4n) is 4.82. The second kappa shape index (κ2) is 8.47. The van der Waals surface area contributed by atoms with E-state index < -0.39 is 0 Å². The molecule has 2 saturated heterocycles. The van der Waals surface area contributed by atoms with E-state index in [2.05, 4.69) is 21.8 Å². The lowest BCUT2D eigenvalue weighted by molar-refractivity contribution is -0.127. The van der Waals surface area contributed by atoms with Crippen LogP contribution in [0.2, 0.25) is 0 Å². The van der Waals surface area contributed by atoms with E-state index in [1.54, 1.807) is 6.20 Å². The first-order valence-corrected chi connectivity index (χ1v) is 11.0. The number of aliphatic hydroxyl groups excluding tert-OH is 1. The first-order chi connectivity index (χ1) is 13.1. The van der Waals surface area contributed by atoms with Gasteiger partial charge in [0.15, 0.2) is 0 Å². The molecule has 1 saturated carbocycles. The number of carbonyl (C=O) groups is 1. The predicted octanol–water partition coefficient (Wildman–Crippen LogP) is 1.02. The summed E-state index contributed by atoms with van der Waals surface area (Å²) in [6, 6.07) is 6.04. The Labute approximate surface area is 165 Å². The number of hydrogen-bond acceptors (Lipinski definition) is 6. The molecular weight excluding hydrogens is 360 g/mol. The molecule has 0 bridgehead atoms. The van der Waals surface area contributed by atoms with Gasteiger partial charge in [0.1, 0.15) is 0 Å². The standard InChI is InChI=1S/C20H30N4O2S/c1-22-6-8-23(9-7-22)17-10-15-12-24(13-16(15)11-18(17)25)20(26)14-27-19-4-2-3-5-21-19/h2-5,15-18,25H,6-14H2,1H3/t15-,16+,17-,18-/m1/s1. The van der Waals surface area contributed by atoms with Gasteiger partial charge in [-0.05, 0) is 43.9 Å². The van der Waals surface area contributed by atoms with Crippen LogP contribution in [0.1, 0.15) is 12.8 Å². The summed E-state index contributed by atoms with van der Waals surface area (Å²) < 4.78 is 0. The zero-order valence-electron chi connectivity index (χ0n) is 16.0. The molecule has 3 heterocycles. The maximum absolute atomic E-state index is 12.7. The summed E-state index contributed by atoms with van der Waals surface area (Å²) in [5, 5.41) is 11.6. The minimum atomic E-state index is -0.257. The predicted molar refractivity (Wildman–Crippen MR) is 107 cm³/mol. The highest BCUT2D eigenvalue weighted by Crippen LogP contribution is 2.38. The van der Waals surface area contributed by atoms with Gasteiger partial charge in [-0.1, -0.05) is 17.8 Å². The Hall–Kier alpha value is -1.15. The average molecular weight is 391 g/mol. The fourth-order valence-corrected chi connectivity index (χ4v) is 5.58. The highest BCUT2D eigenvalue weighted by Gasteiger charge is 2.44. The summed E-state index contributed by atoms with van der Waals surface area (Å²) >= 11 is 1.51. The van der Waals surface area contributed by atoms with Gasteiger partial charge in [0, 0.05) is 51.5 Å². The van der Waals surface area contributed by atoms with E-state index in [1.165, 1.54) is 11.8 Å². The first kappa shape index (κ1) is 19.2. The summed E-state index contributed by atoms with van der Waals surface area (Å²) in [5.74, 6) is 1.63. The van der Waals surface area contributed by atoms with Crippen molar-refractivity contribution in [1.29, 1.82) is 0 Å². The molecule has 0 spiro atoms. The minimum Gasteiger partial charge on any atom is -0.391 e. The number of hydrogen-bond donors (Lipinski definition) is 1. The number of aromatic nitrogens is 1. The Morgan fingerprint density at radius 2 is 1.93 bits per heavy atom. The Balaban J connectivity index is 1.31. The number of pyridine rings is 1. The molecule has 0 unspecified atom stereocenters. The number of rotatable bonds is 4. The van der Waals surface area contributed by atoms with Crippen LogP contribution in [0, 0.1) is 11.8 Å². The number of thioether (sulfide) groups is 1. The van der Waals surface area contributed by atoms with E-state index in [0.717, 1.165) is 57.1 Å². The van der Waals surface area contributed by atoms with Crippen molar-refractivity contribution in [3.8, 4) is 0 Å². The lowest BCUT2D eigenvalue weighted by atomic mass is 9.77. The van der Waals surface area contributed by atoms with E-state index in [-0.39, 0.29) is 18.1 Å². The Kier molecular flexibility index (Phi) is 6.02. The molecule has 1 aromatic heterocycles. The number of carbonyl (C=O) groups excluding carboxylic acids is 1. The van der Waals surface area contributed by atoms with Crippen LogP contribution in [0.3, 0.4) is 0 Å². The van der Waals surface area contributed by atoms with Gasteiger partial charge < -0.3 is 14.9 Å². The van der Waals surface area contributed by atoms with Crippen LogP contribution in [-0.4, -0.2) is 94.9 Å². The molecule has 27 heavy (non-hydrogen) atoms. The number of amides is 1. The Morgan fingerprint density at radius 3 is 2.63 bits per heavy atom. The number of aliphatic hydroxyl groups is 1. The number of likely N-dealkylation sites (N-methyl/N-ethyl adjacent to an activating group) is 1. The molecule has 3 fully saturated rings. The fraction of sp³-hybridized carbons (Fsp3) is 0.700. The molecule has 1 N–H and O–H groups in total. The summed E-state index contributed by atoms with van der Waals surface area (Å²) in [7, 11) is 2.16. The minimum absolute atomic E-state index is 0.200. The number of piperazine rings is 1. The number of nitrogens with zero attached hydrogens (tertiary/aromatic N) is 4. The van der Waals surface area contributed by atoms with Crippen molar-refractivity contribution in [2.75, 3.05) is 52.1 Å². The van der Waals surface area contributed by atoms with Gasteiger partial charge in [-0.2, -0.15) is 0 Å². The maximum Gasteiger partial charge on any atom is 0.233 e. The molecule has 148 valence electrons. The van der Waals surface area contributed by atoms with Crippen molar-refractivity contribution >= 4 is 17.7 Å². The zero-order chi connectivity index (χ0) is 18.8. The molecule has 7 heteroatoms. The normalized spacial score (nSPS) is 32.4. The van der Waals surface area contributed by atoms with Crippen molar-refractivity contribution < 1.29 is 9.90 Å². The van der Waals surface area contributed by atoms with Gasteiger partial charge in [-0.15, -0.1) is 0 Å². The molecule has 3 aliphatic rings. The van der Waals surface area contributed by atoms with Crippen LogP contribution in [0.5, 0.6) is 0 Å². The molecule has 1 aromatic rings. The lowest BCUT2D eigenvalue weighted by Gasteiger charge is -2.44. The highest BCUT2D eigenvalue weighted by molar-refractivity contribution is 7.99. The molecule has 2 aliphatic heterocycles. The molecule has 6 nitrogen and oxygen atoms in total. The Morgan fingerprint density at radius 1 is 1.19 bits per heavy atom. The van der Waals surface area contributed by atoms with Crippen molar-refractivity contribution in [2.45, 2.75) is 30.0 Å². The topological polar surface area (TPSA) is 59.9 Å². The summed E-state index contributed by atoms with van der Waals surface area (Å²) in [6.07, 6.45) is 3.36. The maximum atomic E-state index is 12.7. The van der Waals surface area contributed by atoms with Gasteiger partial charge in [0.2, 0.25) is 5.91 Å². The molecule has 1 aliphatic carbocycles. The van der Waals surface area contributed by atoms with E-state index in [9.17, 15) is 9.90 Å². The van der Waals surface area contributed by atoms with Gasteiger partial charge in [-0.25, -0.2) is 4.98 Å². The second-order valence-electron chi connectivity index (χ2n) is 8.22. The third-order valence-electron chi connectivity index (χ3n) is 6.45. The van der Waals surface area contributed by atoms with E-state index in [4.69, 9.17) is 0 Å². The van der Waals surface area contributed by atoms with Gasteiger partial charge in [0.25, 0.3) is 0 Å². The first-order valence-electron chi connectivity index (χ1n) is 10.0. The van der Waals surface area contributed by atoms with Gasteiger partial charge >= 0.3 is 0 Å². The van der Waals surface area contributed by atoms with Crippen molar-refractivity contribution in [1.82, 2.24) is 19.7 Å². The van der Waals surface area contributed by atoms with Crippen LogP contribution in [0.4, 0.5) is 0 Å². The smallest absolute Gasteiger partial charge is 0.233 e.